The Labute approximate surface area is 113 Å². The van der Waals surface area contributed by atoms with E-state index < -0.39 is 0 Å². The molecule has 2 rings (SSSR count). The van der Waals surface area contributed by atoms with Crippen LogP contribution in [0.15, 0.2) is 12.1 Å². The van der Waals surface area contributed by atoms with Gasteiger partial charge in [0.2, 0.25) is 0 Å². The summed E-state index contributed by atoms with van der Waals surface area (Å²) in [6, 6.07) is 4.03. The van der Waals surface area contributed by atoms with E-state index >= 15 is 0 Å². The molecular weight excluding hydrogens is 246 g/mol. The van der Waals surface area contributed by atoms with Crippen molar-refractivity contribution in [3.05, 3.63) is 34.0 Å². The summed E-state index contributed by atoms with van der Waals surface area (Å²) < 4.78 is 2.06. The quantitative estimate of drug-likeness (QED) is 0.753. The highest BCUT2D eigenvalue weighted by molar-refractivity contribution is 6.34. The van der Waals surface area contributed by atoms with Crippen LogP contribution < -0.4 is 0 Å². The molecule has 18 heavy (non-hydrogen) atoms. The normalized spacial score (nSPS) is 11.4. The van der Waals surface area contributed by atoms with Crippen molar-refractivity contribution in [3.63, 3.8) is 0 Å². The highest BCUT2D eigenvalue weighted by Crippen LogP contribution is 2.32. The number of hydrogen-bond donors (Lipinski definition) is 0. The molecule has 0 spiro atoms. The molecule has 2 nitrogen and oxygen atoms in total. The third-order valence-corrected chi connectivity index (χ3v) is 3.79. The van der Waals surface area contributed by atoms with Crippen LogP contribution in [0.3, 0.4) is 0 Å². The fraction of sp³-hybridized carbons (Fsp3) is 0.400. The smallest absolute Gasteiger partial charge is 0.153 e. The summed E-state index contributed by atoms with van der Waals surface area (Å²) in [5.74, 6) is 0.484. The standard InChI is InChI=1S/C15H18ClNO/c1-9(2)7-17-14-11(4)10(3)5-6-12(14)13(8-18)15(17)16/h5-6,8-9H,7H2,1-4H3. The second kappa shape index (κ2) is 4.77. The maximum atomic E-state index is 11.2. The molecule has 0 fully saturated rings. The van der Waals surface area contributed by atoms with E-state index in [-0.39, 0.29) is 0 Å². The molecule has 0 atom stereocenters. The Morgan fingerprint density at radius 3 is 2.56 bits per heavy atom. The lowest BCUT2D eigenvalue weighted by Gasteiger charge is -2.12. The molecule has 0 amide bonds. The molecular formula is C15H18ClNO. The number of carbonyl (C=O) groups is 1. The lowest BCUT2D eigenvalue weighted by atomic mass is 10.0. The minimum absolute atomic E-state index is 0.484. The number of fused-ring (bicyclic) bond motifs is 1. The van der Waals surface area contributed by atoms with Gasteiger partial charge in [0.15, 0.2) is 6.29 Å². The molecule has 0 radical (unpaired) electrons. The molecule has 0 saturated heterocycles. The van der Waals surface area contributed by atoms with Gasteiger partial charge in [-0.2, -0.15) is 0 Å². The number of aldehydes is 1. The van der Waals surface area contributed by atoms with E-state index in [0.717, 1.165) is 23.7 Å². The SMILES string of the molecule is Cc1ccc2c(C=O)c(Cl)n(CC(C)C)c2c1C. The van der Waals surface area contributed by atoms with Crippen molar-refractivity contribution in [2.45, 2.75) is 34.2 Å². The first-order valence-electron chi connectivity index (χ1n) is 6.20. The van der Waals surface area contributed by atoms with Crippen LogP contribution in [0.2, 0.25) is 5.15 Å². The average Bonchev–Trinajstić information content (AvgIpc) is 2.57. The molecule has 0 aliphatic rings. The predicted molar refractivity (Wildman–Crippen MR) is 76.6 cm³/mol. The molecule has 0 aliphatic carbocycles. The van der Waals surface area contributed by atoms with Gasteiger partial charge >= 0.3 is 0 Å². The van der Waals surface area contributed by atoms with Gasteiger partial charge in [0.1, 0.15) is 5.15 Å². The lowest BCUT2D eigenvalue weighted by molar-refractivity contribution is 0.112. The molecule has 1 heterocycles. The van der Waals surface area contributed by atoms with Crippen molar-refractivity contribution >= 4 is 28.8 Å². The van der Waals surface area contributed by atoms with Crippen LogP contribution in [0.25, 0.3) is 10.9 Å². The van der Waals surface area contributed by atoms with E-state index in [9.17, 15) is 4.79 Å². The molecule has 3 heteroatoms. The monoisotopic (exact) mass is 263 g/mol. The first-order valence-corrected chi connectivity index (χ1v) is 6.58. The first-order chi connectivity index (χ1) is 8.47. The van der Waals surface area contributed by atoms with Crippen molar-refractivity contribution in [1.29, 1.82) is 0 Å². The van der Waals surface area contributed by atoms with Gasteiger partial charge in [-0.05, 0) is 30.9 Å². The number of aryl methyl sites for hydroxylation is 2. The van der Waals surface area contributed by atoms with E-state index in [2.05, 4.69) is 32.3 Å². The number of rotatable bonds is 3. The van der Waals surface area contributed by atoms with Gasteiger partial charge in [0.05, 0.1) is 11.1 Å². The number of benzene rings is 1. The lowest BCUT2D eigenvalue weighted by Crippen LogP contribution is -2.05. The molecule has 2 aromatic rings. The number of nitrogens with zero attached hydrogens (tertiary/aromatic N) is 1. The summed E-state index contributed by atoms with van der Waals surface area (Å²) in [6.45, 7) is 9.28. The fourth-order valence-electron chi connectivity index (χ4n) is 2.37. The van der Waals surface area contributed by atoms with Crippen LogP contribution in [-0.4, -0.2) is 10.9 Å². The summed E-state index contributed by atoms with van der Waals surface area (Å²) in [4.78, 5) is 11.2. The van der Waals surface area contributed by atoms with Crippen LogP contribution in [0.4, 0.5) is 0 Å². The van der Waals surface area contributed by atoms with Gasteiger partial charge in [-0.15, -0.1) is 0 Å². The molecule has 0 N–H and O–H groups in total. The summed E-state index contributed by atoms with van der Waals surface area (Å²) in [5, 5.41) is 1.51. The van der Waals surface area contributed by atoms with Crippen molar-refractivity contribution in [2.24, 2.45) is 5.92 Å². The summed E-state index contributed by atoms with van der Waals surface area (Å²) in [7, 11) is 0. The Morgan fingerprint density at radius 2 is 2.00 bits per heavy atom. The highest BCUT2D eigenvalue weighted by Gasteiger charge is 2.17. The minimum atomic E-state index is 0.484. The van der Waals surface area contributed by atoms with Crippen LogP contribution in [0, 0.1) is 19.8 Å². The number of hydrogen-bond acceptors (Lipinski definition) is 1. The fourth-order valence-corrected chi connectivity index (χ4v) is 2.67. The molecule has 0 aliphatic heterocycles. The van der Waals surface area contributed by atoms with Crippen molar-refractivity contribution in [2.75, 3.05) is 0 Å². The van der Waals surface area contributed by atoms with Crippen LogP contribution in [0.1, 0.15) is 35.3 Å². The van der Waals surface area contributed by atoms with Gasteiger partial charge < -0.3 is 4.57 Å². The van der Waals surface area contributed by atoms with E-state index in [1.807, 2.05) is 12.1 Å². The van der Waals surface area contributed by atoms with Crippen LogP contribution in [0.5, 0.6) is 0 Å². The summed E-state index contributed by atoms with van der Waals surface area (Å²) in [5.41, 5.74) is 4.12. The topological polar surface area (TPSA) is 22.0 Å². The largest absolute Gasteiger partial charge is 0.331 e. The number of halogens is 1. The van der Waals surface area contributed by atoms with Gasteiger partial charge in [-0.25, -0.2) is 0 Å². The second-order valence-electron chi connectivity index (χ2n) is 5.23. The zero-order chi connectivity index (χ0) is 13.4. The molecule has 0 unspecified atom stereocenters. The summed E-state index contributed by atoms with van der Waals surface area (Å²) in [6.07, 6.45) is 0.857. The first kappa shape index (κ1) is 13.2. The van der Waals surface area contributed by atoms with Gasteiger partial charge in [-0.3, -0.25) is 4.79 Å². The Balaban J connectivity index is 2.86. The second-order valence-corrected chi connectivity index (χ2v) is 5.59. The maximum Gasteiger partial charge on any atom is 0.153 e. The van der Waals surface area contributed by atoms with E-state index in [1.165, 1.54) is 11.1 Å². The predicted octanol–water partition coefficient (Wildman–Crippen LogP) is 4.38. The van der Waals surface area contributed by atoms with Gasteiger partial charge in [0.25, 0.3) is 0 Å². The molecule has 1 aromatic heterocycles. The average molecular weight is 264 g/mol. The van der Waals surface area contributed by atoms with Crippen molar-refractivity contribution in [1.82, 2.24) is 4.57 Å². The third-order valence-electron chi connectivity index (χ3n) is 3.39. The van der Waals surface area contributed by atoms with E-state index in [1.54, 1.807) is 0 Å². The zero-order valence-corrected chi connectivity index (χ0v) is 12.0. The number of carbonyl (C=O) groups excluding carboxylic acids is 1. The number of aromatic nitrogens is 1. The Kier molecular flexibility index (Phi) is 3.49. The van der Waals surface area contributed by atoms with Crippen molar-refractivity contribution in [3.8, 4) is 0 Å². The highest BCUT2D eigenvalue weighted by atomic mass is 35.5. The Bertz CT molecular complexity index is 611. The maximum absolute atomic E-state index is 11.2. The van der Waals surface area contributed by atoms with E-state index in [4.69, 9.17) is 11.6 Å². The Morgan fingerprint density at radius 1 is 1.33 bits per heavy atom. The molecule has 0 bridgehead atoms. The Hall–Kier alpha value is -1.28. The zero-order valence-electron chi connectivity index (χ0n) is 11.2. The minimum Gasteiger partial charge on any atom is -0.331 e. The molecule has 96 valence electrons. The van der Waals surface area contributed by atoms with Crippen LogP contribution in [-0.2, 0) is 6.54 Å². The van der Waals surface area contributed by atoms with E-state index in [0.29, 0.717) is 16.6 Å². The van der Waals surface area contributed by atoms with Crippen LogP contribution >= 0.6 is 11.6 Å². The van der Waals surface area contributed by atoms with Gasteiger partial charge in [0, 0.05) is 11.9 Å². The third kappa shape index (κ3) is 1.95. The molecule has 1 aromatic carbocycles. The summed E-state index contributed by atoms with van der Waals surface area (Å²) >= 11 is 6.35. The molecule has 0 saturated carbocycles. The van der Waals surface area contributed by atoms with Crippen molar-refractivity contribution < 1.29 is 4.79 Å². The van der Waals surface area contributed by atoms with Gasteiger partial charge in [-0.1, -0.05) is 37.6 Å².